The number of halogens is 3. The van der Waals surface area contributed by atoms with E-state index in [0.29, 0.717) is 0 Å². The number of rotatable bonds is 7. The maximum atomic E-state index is 13.6. The number of hydrogen-bond donors (Lipinski definition) is 4. The van der Waals surface area contributed by atoms with Gasteiger partial charge in [0, 0.05) is 36.9 Å². The number of aliphatic hydroxyl groups is 1. The minimum atomic E-state index is -4.50. The zero-order chi connectivity index (χ0) is 30.5. The lowest BCUT2D eigenvalue weighted by molar-refractivity contribution is -0.137. The molecule has 4 N–H and O–H groups in total. The molecule has 1 aliphatic heterocycles. The molecule has 0 saturated heterocycles. The van der Waals surface area contributed by atoms with Crippen LogP contribution >= 0.6 is 0 Å². The molecule has 0 fully saturated rings. The minimum absolute atomic E-state index is 0.0535. The lowest BCUT2D eigenvalue weighted by Gasteiger charge is -2.38. The molecule has 3 atom stereocenters. The van der Waals surface area contributed by atoms with Crippen LogP contribution in [0.3, 0.4) is 0 Å². The van der Waals surface area contributed by atoms with Gasteiger partial charge >= 0.3 is 18.2 Å². The molecule has 2 aromatic rings. The summed E-state index contributed by atoms with van der Waals surface area (Å²) in [6, 6.07) is 6.90. The maximum Gasteiger partial charge on any atom is 0.416 e. The molecule has 0 bridgehead atoms. The SMILES string of the molecule is CC(C)NC(=O)N(C)C[C@@H]1Oc2ccc(NC(=O)Nc3ccc(C(F)(F)F)cc3)cc2C(=O)N([C@H](C)CO)C[C@@H]1C. The van der Waals surface area contributed by atoms with Crippen molar-refractivity contribution in [3.63, 3.8) is 0 Å². The van der Waals surface area contributed by atoms with Crippen LogP contribution in [0, 0.1) is 5.92 Å². The third-order valence-electron chi connectivity index (χ3n) is 6.61. The van der Waals surface area contributed by atoms with Crippen molar-refractivity contribution in [3.8, 4) is 5.75 Å². The molecule has 5 amide bonds. The zero-order valence-corrected chi connectivity index (χ0v) is 23.6. The van der Waals surface area contributed by atoms with Gasteiger partial charge in [0.15, 0.2) is 0 Å². The molecular formula is C28H36F3N5O5. The summed E-state index contributed by atoms with van der Waals surface area (Å²) < 4.78 is 44.7. The number of fused-ring (bicyclic) bond motifs is 1. The van der Waals surface area contributed by atoms with E-state index in [4.69, 9.17) is 4.74 Å². The minimum Gasteiger partial charge on any atom is -0.487 e. The first-order valence-corrected chi connectivity index (χ1v) is 13.2. The molecule has 2 aromatic carbocycles. The second-order valence-corrected chi connectivity index (χ2v) is 10.5. The zero-order valence-electron chi connectivity index (χ0n) is 23.6. The molecule has 3 rings (SSSR count). The van der Waals surface area contributed by atoms with Crippen molar-refractivity contribution in [2.75, 3.05) is 37.4 Å². The number of likely N-dealkylation sites (N-methyl/N-ethyl adjacent to an activating group) is 1. The quantitative estimate of drug-likeness (QED) is 0.381. The topological polar surface area (TPSA) is 123 Å². The van der Waals surface area contributed by atoms with Crippen LogP contribution in [0.2, 0.25) is 0 Å². The van der Waals surface area contributed by atoms with Gasteiger partial charge in [-0.05, 0) is 63.2 Å². The fraction of sp³-hybridized carbons (Fsp3) is 0.464. The number of alkyl halides is 3. The number of aliphatic hydroxyl groups excluding tert-OH is 1. The van der Waals surface area contributed by atoms with Gasteiger partial charge in [0.25, 0.3) is 5.91 Å². The molecule has 0 radical (unpaired) electrons. The number of anilines is 2. The van der Waals surface area contributed by atoms with Gasteiger partial charge in [0.2, 0.25) is 0 Å². The maximum absolute atomic E-state index is 13.6. The molecule has 10 nitrogen and oxygen atoms in total. The van der Waals surface area contributed by atoms with E-state index < -0.39 is 35.8 Å². The smallest absolute Gasteiger partial charge is 0.416 e. The van der Waals surface area contributed by atoms with E-state index in [1.165, 1.54) is 28.0 Å². The Labute approximate surface area is 236 Å². The molecule has 224 valence electrons. The van der Waals surface area contributed by atoms with E-state index in [-0.39, 0.29) is 60.4 Å². The van der Waals surface area contributed by atoms with Gasteiger partial charge in [-0.25, -0.2) is 9.59 Å². The first-order chi connectivity index (χ1) is 19.2. The highest BCUT2D eigenvalue weighted by atomic mass is 19.4. The van der Waals surface area contributed by atoms with Crippen molar-refractivity contribution >= 4 is 29.3 Å². The number of hydrogen-bond acceptors (Lipinski definition) is 5. The second kappa shape index (κ2) is 13.1. The number of nitrogens with zero attached hydrogens (tertiary/aromatic N) is 2. The molecule has 0 aromatic heterocycles. The summed E-state index contributed by atoms with van der Waals surface area (Å²) in [5, 5.41) is 17.7. The predicted molar refractivity (Wildman–Crippen MR) is 148 cm³/mol. The largest absolute Gasteiger partial charge is 0.487 e. The van der Waals surface area contributed by atoms with Crippen molar-refractivity contribution in [3.05, 3.63) is 53.6 Å². The monoisotopic (exact) mass is 579 g/mol. The van der Waals surface area contributed by atoms with Crippen LogP contribution in [0.1, 0.15) is 43.6 Å². The number of benzene rings is 2. The Morgan fingerprint density at radius 1 is 1.10 bits per heavy atom. The highest BCUT2D eigenvalue weighted by molar-refractivity contribution is 6.02. The summed E-state index contributed by atoms with van der Waals surface area (Å²) in [7, 11) is 1.65. The molecule has 0 aliphatic carbocycles. The summed E-state index contributed by atoms with van der Waals surface area (Å²) in [4.78, 5) is 41.7. The van der Waals surface area contributed by atoms with Gasteiger partial charge in [0.05, 0.1) is 30.3 Å². The number of amides is 5. The van der Waals surface area contributed by atoms with E-state index in [1.54, 1.807) is 14.0 Å². The Kier molecular flexibility index (Phi) is 10.1. The molecule has 0 spiro atoms. The van der Waals surface area contributed by atoms with Crippen LogP contribution in [-0.4, -0.2) is 77.8 Å². The first kappa shape index (κ1) is 31.5. The predicted octanol–water partition coefficient (Wildman–Crippen LogP) is 4.62. The van der Waals surface area contributed by atoms with Gasteiger partial charge in [0.1, 0.15) is 11.9 Å². The molecule has 0 saturated carbocycles. The van der Waals surface area contributed by atoms with Crippen LogP contribution in [0.5, 0.6) is 5.75 Å². The Balaban J connectivity index is 1.84. The Hall–Kier alpha value is -4.00. The summed E-state index contributed by atoms with van der Waals surface area (Å²) in [6.07, 6.45) is -5.00. The van der Waals surface area contributed by atoms with E-state index in [1.807, 2.05) is 20.8 Å². The Morgan fingerprint density at radius 2 is 1.71 bits per heavy atom. The van der Waals surface area contributed by atoms with Crippen molar-refractivity contribution in [1.29, 1.82) is 0 Å². The van der Waals surface area contributed by atoms with E-state index in [9.17, 15) is 32.7 Å². The molecule has 13 heteroatoms. The molecule has 1 aliphatic rings. The standard InChI is InChI=1S/C28H36F3N5O5/c1-16(2)32-27(40)35(5)14-24-17(3)13-36(18(4)15-37)25(38)22-12-21(10-11-23(22)41-24)34-26(39)33-20-8-6-19(7-9-20)28(29,30)31/h6-12,16-18,24,37H,13-15H2,1-5H3,(H,32,40)(H2,33,34,39)/t17-,18+,24-/m0/s1. The van der Waals surface area contributed by atoms with E-state index >= 15 is 0 Å². The number of ether oxygens (including phenoxy) is 1. The van der Waals surface area contributed by atoms with Crippen LogP contribution in [0.15, 0.2) is 42.5 Å². The van der Waals surface area contributed by atoms with Crippen LogP contribution in [0.4, 0.5) is 34.1 Å². The van der Waals surface area contributed by atoms with Crippen LogP contribution < -0.4 is 20.7 Å². The highest BCUT2D eigenvalue weighted by Gasteiger charge is 2.34. The number of nitrogens with one attached hydrogen (secondary N) is 3. The number of carbonyl (C=O) groups excluding carboxylic acids is 3. The highest BCUT2D eigenvalue weighted by Crippen LogP contribution is 2.32. The molecule has 41 heavy (non-hydrogen) atoms. The summed E-state index contributed by atoms with van der Waals surface area (Å²) in [6.45, 7) is 7.52. The van der Waals surface area contributed by atoms with E-state index in [0.717, 1.165) is 24.3 Å². The average molecular weight is 580 g/mol. The summed E-state index contributed by atoms with van der Waals surface area (Å²) in [5.41, 5.74) is -0.319. The third kappa shape index (κ3) is 8.26. The fourth-order valence-electron chi connectivity index (χ4n) is 4.26. The van der Waals surface area contributed by atoms with Crippen molar-refractivity contribution < 1.29 is 37.4 Å². The van der Waals surface area contributed by atoms with Gasteiger partial charge in [-0.2, -0.15) is 13.2 Å². The Morgan fingerprint density at radius 3 is 2.29 bits per heavy atom. The third-order valence-corrected chi connectivity index (χ3v) is 6.61. The average Bonchev–Trinajstić information content (AvgIpc) is 2.89. The van der Waals surface area contributed by atoms with Crippen LogP contribution in [0.25, 0.3) is 0 Å². The van der Waals surface area contributed by atoms with Gasteiger partial charge < -0.3 is 35.6 Å². The normalized spacial score (nSPS) is 18.0. The number of urea groups is 2. The molecule has 1 heterocycles. The molecule has 0 unspecified atom stereocenters. The fourth-order valence-corrected chi connectivity index (χ4v) is 4.26. The van der Waals surface area contributed by atoms with Gasteiger partial charge in [-0.3, -0.25) is 4.79 Å². The van der Waals surface area contributed by atoms with Crippen molar-refractivity contribution in [2.24, 2.45) is 5.92 Å². The summed E-state index contributed by atoms with van der Waals surface area (Å²) >= 11 is 0. The van der Waals surface area contributed by atoms with Crippen molar-refractivity contribution in [2.45, 2.75) is 52.1 Å². The number of carbonyl (C=O) groups is 3. The van der Waals surface area contributed by atoms with Gasteiger partial charge in [-0.15, -0.1) is 0 Å². The first-order valence-electron chi connectivity index (χ1n) is 13.2. The Bertz CT molecular complexity index is 1240. The molecular weight excluding hydrogens is 543 g/mol. The summed E-state index contributed by atoms with van der Waals surface area (Å²) in [5.74, 6) is -0.375. The van der Waals surface area contributed by atoms with Crippen LogP contribution in [-0.2, 0) is 6.18 Å². The second-order valence-electron chi connectivity index (χ2n) is 10.5. The van der Waals surface area contributed by atoms with Crippen molar-refractivity contribution in [1.82, 2.24) is 15.1 Å². The van der Waals surface area contributed by atoms with E-state index in [2.05, 4.69) is 16.0 Å². The lowest BCUT2D eigenvalue weighted by Crippen LogP contribution is -2.51. The van der Waals surface area contributed by atoms with Gasteiger partial charge in [-0.1, -0.05) is 6.92 Å². The lowest BCUT2D eigenvalue weighted by atomic mass is 9.99.